The van der Waals surface area contributed by atoms with E-state index in [-0.39, 0.29) is 11.9 Å². The minimum atomic E-state index is 0.0884. The van der Waals surface area contributed by atoms with Gasteiger partial charge in [0, 0.05) is 30.0 Å². The lowest BCUT2D eigenvalue weighted by atomic mass is 10.00. The van der Waals surface area contributed by atoms with Gasteiger partial charge in [0.15, 0.2) is 0 Å². The Bertz CT molecular complexity index is 1150. The van der Waals surface area contributed by atoms with E-state index in [2.05, 4.69) is 80.1 Å². The maximum Gasteiger partial charge on any atom is 0.255 e. The maximum absolute atomic E-state index is 13.8. The van der Waals surface area contributed by atoms with Crippen molar-refractivity contribution in [3.63, 3.8) is 0 Å². The van der Waals surface area contributed by atoms with Crippen LogP contribution >= 0.6 is 0 Å². The van der Waals surface area contributed by atoms with Crippen LogP contribution in [0.5, 0.6) is 0 Å². The van der Waals surface area contributed by atoms with Gasteiger partial charge in [0.1, 0.15) is 0 Å². The third-order valence-corrected chi connectivity index (χ3v) is 6.19. The first-order chi connectivity index (χ1) is 15.0. The van der Waals surface area contributed by atoms with Crippen molar-refractivity contribution in [3.05, 3.63) is 108 Å². The Morgan fingerprint density at radius 2 is 1.55 bits per heavy atom. The predicted octanol–water partition coefficient (Wildman–Crippen LogP) is 6.38. The van der Waals surface area contributed by atoms with Crippen molar-refractivity contribution in [1.82, 2.24) is 9.47 Å². The smallest absolute Gasteiger partial charge is 0.255 e. The highest BCUT2D eigenvalue weighted by Gasteiger charge is 2.26. The number of fused-ring (bicyclic) bond motifs is 1. The third kappa shape index (κ3) is 4.56. The highest BCUT2D eigenvalue weighted by Crippen LogP contribution is 2.24. The Labute approximate surface area is 184 Å². The van der Waals surface area contributed by atoms with E-state index in [0.717, 1.165) is 28.6 Å². The molecule has 0 N–H and O–H groups in total. The summed E-state index contributed by atoms with van der Waals surface area (Å²) in [4.78, 5) is 15.8. The number of hydrogen-bond acceptors (Lipinski definition) is 1. The van der Waals surface area contributed by atoms with Crippen LogP contribution in [0.2, 0.25) is 0 Å². The van der Waals surface area contributed by atoms with Crippen molar-refractivity contribution in [1.29, 1.82) is 0 Å². The molecule has 3 aromatic carbocycles. The number of aromatic nitrogens is 1. The Kier molecular flexibility index (Phi) is 6.22. The van der Waals surface area contributed by atoms with E-state index in [9.17, 15) is 4.79 Å². The number of nitrogens with zero attached hydrogens (tertiary/aromatic N) is 2. The number of carbonyl (C=O) groups is 1. The van der Waals surface area contributed by atoms with Crippen LogP contribution in [0, 0.1) is 5.92 Å². The van der Waals surface area contributed by atoms with Gasteiger partial charge in [-0.25, -0.2) is 0 Å². The standard InChI is InChI=1S/C28H30N2O/c1-21(2)22(3)30(28(31)27-17-9-14-24-13-7-8-16-26(24)27)20-25-15-10-18-29(25)19-23-11-5-4-6-12-23/h4-18,21-22H,19-20H2,1-3H3/t22-/m1/s1. The fraction of sp³-hybridized carbons (Fsp3) is 0.250. The second-order valence-corrected chi connectivity index (χ2v) is 8.56. The van der Waals surface area contributed by atoms with Gasteiger partial charge in [-0.15, -0.1) is 0 Å². The molecule has 0 aliphatic rings. The van der Waals surface area contributed by atoms with Gasteiger partial charge in [-0.05, 0) is 47.4 Å². The average Bonchev–Trinajstić information content (AvgIpc) is 3.23. The molecule has 3 nitrogen and oxygen atoms in total. The highest BCUT2D eigenvalue weighted by atomic mass is 16.2. The van der Waals surface area contributed by atoms with Crippen molar-refractivity contribution < 1.29 is 4.79 Å². The molecule has 0 spiro atoms. The minimum absolute atomic E-state index is 0.0884. The van der Waals surface area contributed by atoms with Crippen molar-refractivity contribution >= 4 is 16.7 Å². The van der Waals surface area contributed by atoms with Crippen molar-refractivity contribution in [2.45, 2.75) is 39.9 Å². The molecule has 0 saturated carbocycles. The molecule has 4 aromatic rings. The lowest BCUT2D eigenvalue weighted by Gasteiger charge is -2.33. The van der Waals surface area contributed by atoms with Crippen LogP contribution in [0.1, 0.15) is 42.4 Å². The molecule has 1 aromatic heterocycles. The van der Waals surface area contributed by atoms with Crippen LogP contribution in [0.25, 0.3) is 10.8 Å². The molecule has 158 valence electrons. The fourth-order valence-electron chi connectivity index (χ4n) is 4.03. The van der Waals surface area contributed by atoms with Crippen molar-refractivity contribution in [3.8, 4) is 0 Å². The second-order valence-electron chi connectivity index (χ2n) is 8.56. The molecular weight excluding hydrogens is 380 g/mol. The quantitative estimate of drug-likeness (QED) is 0.347. The molecule has 0 radical (unpaired) electrons. The highest BCUT2D eigenvalue weighted by molar-refractivity contribution is 6.07. The second kappa shape index (κ2) is 9.22. The predicted molar refractivity (Wildman–Crippen MR) is 128 cm³/mol. The summed E-state index contributed by atoms with van der Waals surface area (Å²) in [6.07, 6.45) is 2.10. The van der Waals surface area contributed by atoms with Gasteiger partial charge in [0.25, 0.3) is 5.91 Å². The van der Waals surface area contributed by atoms with Crippen LogP contribution in [0.4, 0.5) is 0 Å². The summed E-state index contributed by atoms with van der Waals surface area (Å²) in [6, 6.07) is 28.9. The molecule has 0 saturated heterocycles. The number of benzene rings is 3. The summed E-state index contributed by atoms with van der Waals surface area (Å²) in [5.41, 5.74) is 3.17. The molecule has 0 unspecified atom stereocenters. The molecule has 4 rings (SSSR count). The molecule has 3 heteroatoms. The summed E-state index contributed by atoms with van der Waals surface area (Å²) in [5, 5.41) is 2.11. The number of amides is 1. The SMILES string of the molecule is CC(C)[C@@H](C)N(Cc1cccn1Cc1ccccc1)C(=O)c1cccc2ccccc12. The molecule has 0 aliphatic heterocycles. The van der Waals surface area contributed by atoms with Crippen LogP contribution in [-0.4, -0.2) is 21.4 Å². The maximum atomic E-state index is 13.8. The van der Waals surface area contributed by atoms with Gasteiger partial charge in [-0.2, -0.15) is 0 Å². The van der Waals surface area contributed by atoms with Gasteiger partial charge < -0.3 is 9.47 Å². The van der Waals surface area contributed by atoms with Gasteiger partial charge >= 0.3 is 0 Å². The summed E-state index contributed by atoms with van der Waals surface area (Å²) in [5.74, 6) is 0.446. The first-order valence-corrected chi connectivity index (χ1v) is 11.0. The minimum Gasteiger partial charge on any atom is -0.345 e. The zero-order valence-electron chi connectivity index (χ0n) is 18.5. The molecular formula is C28H30N2O. The van der Waals surface area contributed by atoms with Crippen LogP contribution < -0.4 is 0 Å². The number of rotatable bonds is 7. The van der Waals surface area contributed by atoms with E-state index >= 15 is 0 Å². The van der Waals surface area contributed by atoms with E-state index in [1.54, 1.807) is 0 Å². The van der Waals surface area contributed by atoms with Gasteiger partial charge in [-0.1, -0.05) is 80.6 Å². The van der Waals surface area contributed by atoms with E-state index in [1.165, 1.54) is 5.56 Å². The van der Waals surface area contributed by atoms with E-state index < -0.39 is 0 Å². The third-order valence-electron chi connectivity index (χ3n) is 6.19. The summed E-state index contributed by atoms with van der Waals surface area (Å²) >= 11 is 0. The van der Waals surface area contributed by atoms with E-state index in [0.29, 0.717) is 12.5 Å². The zero-order chi connectivity index (χ0) is 21.8. The Morgan fingerprint density at radius 1 is 0.839 bits per heavy atom. The molecule has 0 aliphatic carbocycles. The first kappa shape index (κ1) is 20.9. The van der Waals surface area contributed by atoms with E-state index in [1.807, 2.05) is 41.3 Å². The number of carbonyl (C=O) groups excluding carboxylic acids is 1. The summed E-state index contributed by atoms with van der Waals surface area (Å²) in [7, 11) is 0. The van der Waals surface area contributed by atoms with Crippen LogP contribution in [-0.2, 0) is 13.1 Å². The topological polar surface area (TPSA) is 25.2 Å². The largest absolute Gasteiger partial charge is 0.345 e. The van der Waals surface area contributed by atoms with Gasteiger partial charge in [0.05, 0.1) is 6.54 Å². The monoisotopic (exact) mass is 410 g/mol. The molecule has 1 amide bonds. The molecule has 31 heavy (non-hydrogen) atoms. The Hall–Kier alpha value is -3.33. The van der Waals surface area contributed by atoms with Crippen LogP contribution in [0.15, 0.2) is 91.1 Å². The lowest BCUT2D eigenvalue weighted by molar-refractivity contribution is 0.0625. The lowest BCUT2D eigenvalue weighted by Crippen LogP contribution is -2.41. The van der Waals surface area contributed by atoms with Gasteiger partial charge in [0.2, 0.25) is 0 Å². The Balaban J connectivity index is 1.67. The van der Waals surface area contributed by atoms with E-state index in [4.69, 9.17) is 0 Å². The average molecular weight is 411 g/mol. The molecule has 1 heterocycles. The normalized spacial score (nSPS) is 12.3. The fourth-order valence-corrected chi connectivity index (χ4v) is 4.03. The zero-order valence-corrected chi connectivity index (χ0v) is 18.5. The Morgan fingerprint density at radius 3 is 2.32 bits per heavy atom. The molecule has 0 bridgehead atoms. The molecule has 0 fully saturated rings. The first-order valence-electron chi connectivity index (χ1n) is 11.0. The number of hydrogen-bond donors (Lipinski definition) is 0. The molecule has 1 atom stereocenters. The van der Waals surface area contributed by atoms with Crippen molar-refractivity contribution in [2.24, 2.45) is 5.92 Å². The van der Waals surface area contributed by atoms with Crippen LogP contribution in [0.3, 0.4) is 0 Å². The van der Waals surface area contributed by atoms with Crippen molar-refractivity contribution in [2.75, 3.05) is 0 Å². The van der Waals surface area contributed by atoms with Gasteiger partial charge in [-0.3, -0.25) is 4.79 Å². The summed E-state index contributed by atoms with van der Waals surface area (Å²) < 4.78 is 2.24. The summed E-state index contributed by atoms with van der Waals surface area (Å²) in [6.45, 7) is 7.89.